The highest BCUT2D eigenvalue weighted by molar-refractivity contribution is 6.38. The number of nitrogens with one attached hydrogen (secondary N) is 1. The van der Waals surface area contributed by atoms with Crippen molar-refractivity contribution in [1.82, 2.24) is 14.8 Å². The van der Waals surface area contributed by atoms with Crippen molar-refractivity contribution in [3.63, 3.8) is 0 Å². The fraction of sp³-hybridized carbons (Fsp3) is 0.400. The summed E-state index contributed by atoms with van der Waals surface area (Å²) in [5, 5.41) is 1.94. The minimum absolute atomic E-state index is 0.0153. The first kappa shape index (κ1) is 22.2. The first-order chi connectivity index (χ1) is 14.9. The summed E-state index contributed by atoms with van der Waals surface area (Å²) in [5.74, 6) is 0.493. The van der Waals surface area contributed by atoms with E-state index in [1.165, 1.54) is 17.5 Å². The van der Waals surface area contributed by atoms with Gasteiger partial charge in [0, 0.05) is 42.1 Å². The van der Waals surface area contributed by atoms with Gasteiger partial charge in [-0.25, -0.2) is 0 Å². The van der Waals surface area contributed by atoms with Gasteiger partial charge in [0.2, 0.25) is 0 Å². The lowest BCUT2D eigenvalue weighted by Crippen LogP contribution is -2.42. The maximum Gasteiger partial charge on any atom is 0.270 e. The molecule has 0 saturated carbocycles. The lowest BCUT2D eigenvalue weighted by Gasteiger charge is -2.35. The number of aryl methyl sites for hydroxylation is 1. The maximum atomic E-state index is 13.2. The van der Waals surface area contributed by atoms with Crippen molar-refractivity contribution in [1.29, 1.82) is 0 Å². The molecule has 0 bridgehead atoms. The van der Waals surface area contributed by atoms with E-state index in [0.717, 1.165) is 43.5 Å². The molecule has 0 radical (unpaired) electrons. The first-order valence-corrected chi connectivity index (χ1v) is 11.7. The molecule has 1 amide bonds. The summed E-state index contributed by atoms with van der Waals surface area (Å²) in [4.78, 5) is 20.9. The summed E-state index contributed by atoms with van der Waals surface area (Å²) < 4.78 is 0. The van der Waals surface area contributed by atoms with Crippen LogP contribution in [-0.2, 0) is 6.54 Å². The molecule has 1 saturated heterocycles. The first-order valence-electron chi connectivity index (χ1n) is 11.0. The van der Waals surface area contributed by atoms with Crippen molar-refractivity contribution in [3.05, 3.63) is 69.3 Å². The molecule has 1 aliphatic rings. The van der Waals surface area contributed by atoms with Crippen LogP contribution in [0.4, 0.5) is 0 Å². The van der Waals surface area contributed by atoms with Crippen molar-refractivity contribution >= 4 is 40.0 Å². The number of benzene rings is 2. The average Bonchev–Trinajstić information content (AvgIpc) is 3.18. The molecule has 1 unspecified atom stereocenters. The number of H-pyrrole nitrogens is 1. The zero-order valence-electron chi connectivity index (χ0n) is 18.1. The molecular weight excluding hydrogens is 429 g/mol. The van der Waals surface area contributed by atoms with Crippen molar-refractivity contribution < 1.29 is 4.79 Å². The zero-order valence-corrected chi connectivity index (χ0v) is 19.6. The van der Waals surface area contributed by atoms with Crippen LogP contribution in [0.5, 0.6) is 0 Å². The maximum absolute atomic E-state index is 13.2. The molecule has 31 heavy (non-hydrogen) atoms. The van der Waals surface area contributed by atoms with Crippen LogP contribution in [0, 0.1) is 12.8 Å². The highest BCUT2D eigenvalue weighted by Crippen LogP contribution is 2.29. The van der Waals surface area contributed by atoms with E-state index >= 15 is 0 Å². The normalized spacial score (nSPS) is 17.2. The van der Waals surface area contributed by atoms with Crippen LogP contribution in [0.1, 0.15) is 41.4 Å². The second kappa shape index (κ2) is 9.64. The van der Waals surface area contributed by atoms with Gasteiger partial charge in [0.25, 0.3) is 5.91 Å². The molecule has 1 aromatic heterocycles. The monoisotopic (exact) mass is 457 g/mol. The number of carbonyl (C=O) groups is 1. The van der Waals surface area contributed by atoms with E-state index in [-0.39, 0.29) is 5.91 Å². The van der Waals surface area contributed by atoms with E-state index < -0.39 is 0 Å². The summed E-state index contributed by atoms with van der Waals surface area (Å²) in [7, 11) is 0. The number of aromatic nitrogens is 1. The Hall–Kier alpha value is -2.01. The number of halogens is 2. The van der Waals surface area contributed by atoms with Crippen LogP contribution in [0.25, 0.3) is 10.9 Å². The summed E-state index contributed by atoms with van der Waals surface area (Å²) in [6, 6.07) is 14.1. The van der Waals surface area contributed by atoms with E-state index in [1.54, 1.807) is 12.1 Å². The Kier molecular flexibility index (Phi) is 6.90. The lowest BCUT2D eigenvalue weighted by molar-refractivity contribution is 0.0680. The molecule has 2 heterocycles. The molecule has 2 aromatic carbocycles. The number of nitrogens with zero attached hydrogens (tertiary/aromatic N) is 2. The van der Waals surface area contributed by atoms with Gasteiger partial charge in [-0.1, -0.05) is 53.0 Å². The number of likely N-dealkylation sites (tertiary alicyclic amines) is 1. The molecule has 4 nitrogen and oxygen atoms in total. The fourth-order valence-electron chi connectivity index (χ4n) is 4.51. The van der Waals surface area contributed by atoms with Gasteiger partial charge >= 0.3 is 0 Å². The number of aromatic amines is 1. The predicted octanol–water partition coefficient (Wildman–Crippen LogP) is 6.16. The van der Waals surface area contributed by atoms with Gasteiger partial charge in [-0.15, -0.1) is 0 Å². The van der Waals surface area contributed by atoms with Crippen molar-refractivity contribution in [2.45, 2.75) is 33.2 Å². The van der Waals surface area contributed by atoms with Gasteiger partial charge in [0.1, 0.15) is 5.69 Å². The number of piperidine rings is 1. The Bertz CT molecular complexity index is 1060. The van der Waals surface area contributed by atoms with Gasteiger partial charge in [-0.05, 0) is 62.9 Å². The molecule has 6 heteroatoms. The summed E-state index contributed by atoms with van der Waals surface area (Å²) in [6.45, 7) is 8.71. The number of rotatable bonds is 6. The Morgan fingerprint density at radius 2 is 1.97 bits per heavy atom. The second-order valence-electron chi connectivity index (χ2n) is 8.60. The third kappa shape index (κ3) is 5.25. The number of carbonyl (C=O) groups excluding carboxylic acids is 1. The molecule has 3 aromatic rings. The highest BCUT2D eigenvalue weighted by atomic mass is 35.5. The van der Waals surface area contributed by atoms with Gasteiger partial charge < -0.3 is 9.88 Å². The van der Waals surface area contributed by atoms with Crippen LogP contribution in [0.3, 0.4) is 0 Å². The van der Waals surface area contributed by atoms with E-state index in [4.69, 9.17) is 23.2 Å². The summed E-state index contributed by atoms with van der Waals surface area (Å²) >= 11 is 12.4. The molecule has 164 valence electrons. The van der Waals surface area contributed by atoms with Crippen LogP contribution in [-0.4, -0.2) is 46.9 Å². The van der Waals surface area contributed by atoms with Crippen molar-refractivity contribution in [2.75, 3.05) is 26.2 Å². The number of amides is 1. The molecular formula is C25H29Cl2N3O. The number of hydrogen-bond donors (Lipinski definition) is 1. The highest BCUT2D eigenvalue weighted by Gasteiger charge is 2.25. The quantitative estimate of drug-likeness (QED) is 0.481. The summed E-state index contributed by atoms with van der Waals surface area (Å²) in [6.07, 6.45) is 2.32. The minimum Gasteiger partial charge on any atom is -0.350 e. The van der Waals surface area contributed by atoms with Crippen LogP contribution in [0.15, 0.2) is 42.5 Å². The zero-order chi connectivity index (χ0) is 22.0. The SMILES string of the molecule is CCN(CC1CCCN(Cc2ccc(C)cc2)C1)C(=O)c1cc2c(Cl)cc(Cl)cc2[nH]1. The Morgan fingerprint density at radius 1 is 1.19 bits per heavy atom. The molecule has 1 atom stereocenters. The second-order valence-corrected chi connectivity index (χ2v) is 9.45. The number of fused-ring (bicyclic) bond motifs is 1. The average molecular weight is 458 g/mol. The molecule has 1 fully saturated rings. The topological polar surface area (TPSA) is 39.3 Å². The fourth-order valence-corrected chi connectivity index (χ4v) is 5.06. The Morgan fingerprint density at radius 3 is 2.71 bits per heavy atom. The van der Waals surface area contributed by atoms with Gasteiger partial charge in [0.15, 0.2) is 0 Å². The predicted molar refractivity (Wildman–Crippen MR) is 129 cm³/mol. The van der Waals surface area contributed by atoms with Gasteiger partial charge in [0.05, 0.1) is 5.02 Å². The Labute approximate surface area is 194 Å². The molecule has 0 aliphatic carbocycles. The van der Waals surface area contributed by atoms with E-state index in [9.17, 15) is 4.79 Å². The molecule has 1 N–H and O–H groups in total. The largest absolute Gasteiger partial charge is 0.350 e. The molecule has 1 aliphatic heterocycles. The summed E-state index contributed by atoms with van der Waals surface area (Å²) in [5.41, 5.74) is 3.99. The van der Waals surface area contributed by atoms with Gasteiger partial charge in [-0.3, -0.25) is 9.69 Å². The van der Waals surface area contributed by atoms with E-state index in [2.05, 4.69) is 41.1 Å². The standard InChI is InChI=1S/C25H29Cl2N3O/c1-3-30(25(31)24-13-21-22(27)11-20(26)12-23(21)28-24)16-19-5-4-10-29(15-19)14-18-8-6-17(2)7-9-18/h6-9,11-13,19,28H,3-5,10,14-16H2,1-2H3. The lowest BCUT2D eigenvalue weighted by atomic mass is 9.96. The molecule has 4 rings (SSSR count). The van der Waals surface area contributed by atoms with Crippen LogP contribution >= 0.6 is 23.2 Å². The third-order valence-corrected chi connectivity index (χ3v) is 6.69. The van der Waals surface area contributed by atoms with Crippen molar-refractivity contribution in [3.8, 4) is 0 Å². The number of hydrogen-bond acceptors (Lipinski definition) is 2. The van der Waals surface area contributed by atoms with Gasteiger partial charge in [-0.2, -0.15) is 0 Å². The van der Waals surface area contributed by atoms with Crippen LogP contribution in [0.2, 0.25) is 10.0 Å². The van der Waals surface area contributed by atoms with Crippen molar-refractivity contribution in [2.24, 2.45) is 5.92 Å². The minimum atomic E-state index is 0.0153. The van der Waals surface area contributed by atoms with E-state index in [1.807, 2.05) is 17.9 Å². The Balaban J connectivity index is 1.42. The third-order valence-electron chi connectivity index (χ3n) is 6.16. The van der Waals surface area contributed by atoms with Crippen LogP contribution < -0.4 is 0 Å². The molecule has 0 spiro atoms. The van der Waals surface area contributed by atoms with E-state index in [0.29, 0.717) is 28.2 Å². The smallest absolute Gasteiger partial charge is 0.270 e.